The van der Waals surface area contributed by atoms with Gasteiger partial charge < -0.3 is 9.77 Å². The Hall–Kier alpha value is -2.10. The molecule has 4 nitrogen and oxygen atoms in total. The first-order valence-electron chi connectivity index (χ1n) is 4.57. The summed E-state index contributed by atoms with van der Waals surface area (Å²) in [6, 6.07) is 9.50. The van der Waals surface area contributed by atoms with Crippen molar-refractivity contribution in [2.24, 2.45) is 12.2 Å². The van der Waals surface area contributed by atoms with Crippen LogP contribution in [0.25, 0.3) is 0 Å². The first-order chi connectivity index (χ1) is 7.33. The molecule has 0 radical (unpaired) electrons. The van der Waals surface area contributed by atoms with Gasteiger partial charge in [-0.05, 0) is 0 Å². The van der Waals surface area contributed by atoms with Gasteiger partial charge in [0.05, 0.1) is 18.2 Å². The molecule has 0 fully saturated rings. The molecule has 1 N–H and O–H groups in total. The van der Waals surface area contributed by atoms with Gasteiger partial charge in [0.25, 0.3) is 0 Å². The summed E-state index contributed by atoms with van der Waals surface area (Å²) in [6.07, 6.45) is 3.34. The standard InChI is InChI=1S/C11H11N3O/c1-14-8-12-7-10(14)11(13-15)9-5-3-2-4-6-9/h2-8,15H,1H3/b13-11+. The van der Waals surface area contributed by atoms with E-state index in [1.165, 1.54) is 0 Å². The molecule has 1 heterocycles. The number of oxime groups is 1. The molecule has 0 spiro atoms. The summed E-state index contributed by atoms with van der Waals surface area (Å²) in [5.41, 5.74) is 2.17. The fraction of sp³-hybridized carbons (Fsp3) is 0.0909. The Morgan fingerprint density at radius 2 is 2.07 bits per heavy atom. The number of imidazole rings is 1. The highest BCUT2D eigenvalue weighted by Gasteiger charge is 2.10. The lowest BCUT2D eigenvalue weighted by molar-refractivity contribution is 0.319. The Kier molecular flexibility index (Phi) is 2.49. The Bertz CT molecular complexity index is 474. The predicted molar refractivity (Wildman–Crippen MR) is 57.1 cm³/mol. The van der Waals surface area contributed by atoms with E-state index in [0.717, 1.165) is 11.3 Å². The lowest BCUT2D eigenvalue weighted by Gasteiger charge is -2.04. The lowest BCUT2D eigenvalue weighted by atomic mass is 10.1. The molecular weight excluding hydrogens is 190 g/mol. The van der Waals surface area contributed by atoms with Crippen molar-refractivity contribution in [3.05, 3.63) is 54.1 Å². The van der Waals surface area contributed by atoms with Crippen molar-refractivity contribution in [1.82, 2.24) is 9.55 Å². The second-order valence-corrected chi connectivity index (χ2v) is 3.20. The van der Waals surface area contributed by atoms with Crippen molar-refractivity contribution < 1.29 is 5.21 Å². The zero-order valence-corrected chi connectivity index (χ0v) is 8.33. The van der Waals surface area contributed by atoms with Gasteiger partial charge in [-0.25, -0.2) is 4.98 Å². The number of aryl methyl sites for hydroxylation is 1. The average Bonchev–Trinajstić information content (AvgIpc) is 2.68. The fourth-order valence-electron chi connectivity index (χ4n) is 1.44. The largest absolute Gasteiger partial charge is 0.410 e. The van der Waals surface area contributed by atoms with Gasteiger partial charge in [0.1, 0.15) is 5.71 Å². The summed E-state index contributed by atoms with van der Waals surface area (Å²) in [4.78, 5) is 3.99. The second-order valence-electron chi connectivity index (χ2n) is 3.20. The molecule has 0 saturated heterocycles. The van der Waals surface area contributed by atoms with Gasteiger partial charge in [-0.1, -0.05) is 35.5 Å². The quantitative estimate of drug-likeness (QED) is 0.456. The predicted octanol–water partition coefficient (Wildman–Crippen LogP) is 1.65. The summed E-state index contributed by atoms with van der Waals surface area (Å²) >= 11 is 0. The molecule has 1 aromatic carbocycles. The number of benzene rings is 1. The molecule has 0 unspecified atom stereocenters. The molecule has 4 heteroatoms. The maximum Gasteiger partial charge on any atom is 0.135 e. The van der Waals surface area contributed by atoms with Crippen LogP contribution in [-0.2, 0) is 7.05 Å². The smallest absolute Gasteiger partial charge is 0.135 e. The van der Waals surface area contributed by atoms with Crippen LogP contribution in [0.15, 0.2) is 48.0 Å². The van der Waals surface area contributed by atoms with E-state index >= 15 is 0 Å². The van der Waals surface area contributed by atoms with Gasteiger partial charge in [-0.3, -0.25) is 0 Å². The van der Waals surface area contributed by atoms with Crippen LogP contribution in [-0.4, -0.2) is 20.5 Å². The van der Waals surface area contributed by atoms with Crippen molar-refractivity contribution in [3.8, 4) is 0 Å². The number of rotatable bonds is 2. The Morgan fingerprint density at radius 3 is 2.60 bits per heavy atom. The lowest BCUT2D eigenvalue weighted by Crippen LogP contribution is -2.08. The van der Waals surface area contributed by atoms with Crippen molar-refractivity contribution in [2.45, 2.75) is 0 Å². The molecule has 1 aromatic heterocycles. The van der Waals surface area contributed by atoms with E-state index in [2.05, 4.69) is 10.1 Å². The maximum absolute atomic E-state index is 9.02. The normalized spacial score (nSPS) is 11.7. The molecular formula is C11H11N3O. The van der Waals surface area contributed by atoms with Crippen LogP contribution in [0.2, 0.25) is 0 Å². The van der Waals surface area contributed by atoms with E-state index in [1.54, 1.807) is 12.5 Å². The summed E-state index contributed by atoms with van der Waals surface area (Å²) in [7, 11) is 1.86. The molecule has 0 aliphatic carbocycles. The third-order valence-corrected chi connectivity index (χ3v) is 2.21. The molecule has 0 bridgehead atoms. The summed E-state index contributed by atoms with van der Waals surface area (Å²) < 4.78 is 1.81. The number of aromatic nitrogens is 2. The van der Waals surface area contributed by atoms with Gasteiger partial charge in [0, 0.05) is 12.6 Å². The second kappa shape index (κ2) is 3.96. The van der Waals surface area contributed by atoms with E-state index < -0.39 is 0 Å². The van der Waals surface area contributed by atoms with Crippen LogP contribution in [0.1, 0.15) is 11.3 Å². The zero-order valence-electron chi connectivity index (χ0n) is 8.33. The van der Waals surface area contributed by atoms with Gasteiger partial charge in [-0.2, -0.15) is 0 Å². The van der Waals surface area contributed by atoms with Crippen LogP contribution in [0.5, 0.6) is 0 Å². The van der Waals surface area contributed by atoms with Crippen LogP contribution in [0, 0.1) is 0 Å². The molecule has 15 heavy (non-hydrogen) atoms. The van der Waals surface area contributed by atoms with Gasteiger partial charge in [-0.15, -0.1) is 0 Å². The first-order valence-corrected chi connectivity index (χ1v) is 4.57. The SMILES string of the molecule is Cn1cncc1/C(=N/O)c1ccccc1. The number of nitrogens with zero attached hydrogens (tertiary/aromatic N) is 3. The van der Waals surface area contributed by atoms with E-state index in [1.807, 2.05) is 41.9 Å². The highest BCUT2D eigenvalue weighted by molar-refractivity contribution is 6.11. The Balaban J connectivity index is 2.48. The molecule has 2 rings (SSSR count). The van der Waals surface area contributed by atoms with Gasteiger partial charge in [0.15, 0.2) is 0 Å². The molecule has 0 saturated carbocycles. The van der Waals surface area contributed by atoms with Crippen LogP contribution >= 0.6 is 0 Å². The van der Waals surface area contributed by atoms with E-state index in [-0.39, 0.29) is 0 Å². The van der Waals surface area contributed by atoms with Crippen LogP contribution in [0.4, 0.5) is 0 Å². The van der Waals surface area contributed by atoms with Crippen molar-refractivity contribution in [1.29, 1.82) is 0 Å². The highest BCUT2D eigenvalue weighted by atomic mass is 16.4. The Morgan fingerprint density at radius 1 is 1.33 bits per heavy atom. The van der Waals surface area contributed by atoms with E-state index in [0.29, 0.717) is 5.71 Å². The van der Waals surface area contributed by atoms with Crippen molar-refractivity contribution in [2.75, 3.05) is 0 Å². The maximum atomic E-state index is 9.02. The van der Waals surface area contributed by atoms with Crippen molar-refractivity contribution >= 4 is 5.71 Å². The zero-order chi connectivity index (χ0) is 10.7. The first kappa shape index (κ1) is 9.45. The highest BCUT2D eigenvalue weighted by Crippen LogP contribution is 2.09. The summed E-state index contributed by atoms with van der Waals surface area (Å²) in [5.74, 6) is 0. The topological polar surface area (TPSA) is 50.4 Å². The van der Waals surface area contributed by atoms with Crippen molar-refractivity contribution in [3.63, 3.8) is 0 Å². The minimum Gasteiger partial charge on any atom is -0.410 e. The Labute approximate surface area is 87.5 Å². The van der Waals surface area contributed by atoms with Crippen LogP contribution < -0.4 is 0 Å². The molecule has 0 amide bonds. The molecule has 0 aliphatic heterocycles. The minimum atomic E-state index is 0.524. The summed E-state index contributed by atoms with van der Waals surface area (Å²) in [6.45, 7) is 0. The van der Waals surface area contributed by atoms with Gasteiger partial charge >= 0.3 is 0 Å². The third-order valence-electron chi connectivity index (χ3n) is 2.21. The molecule has 0 aliphatic rings. The number of hydrogen-bond acceptors (Lipinski definition) is 3. The average molecular weight is 201 g/mol. The monoisotopic (exact) mass is 201 g/mol. The summed E-state index contributed by atoms with van der Waals surface area (Å²) in [5, 5.41) is 12.3. The minimum absolute atomic E-state index is 0.524. The molecule has 0 atom stereocenters. The number of hydrogen-bond donors (Lipinski definition) is 1. The fourth-order valence-corrected chi connectivity index (χ4v) is 1.44. The van der Waals surface area contributed by atoms with E-state index in [9.17, 15) is 0 Å². The van der Waals surface area contributed by atoms with E-state index in [4.69, 9.17) is 5.21 Å². The van der Waals surface area contributed by atoms with Gasteiger partial charge in [0.2, 0.25) is 0 Å². The third kappa shape index (κ3) is 1.74. The van der Waals surface area contributed by atoms with Crippen LogP contribution in [0.3, 0.4) is 0 Å². The molecule has 2 aromatic rings. The molecule has 76 valence electrons.